The summed E-state index contributed by atoms with van der Waals surface area (Å²) in [5.41, 5.74) is 0. The first-order valence-corrected chi connectivity index (χ1v) is 7.71. The number of hydrogen-bond acceptors (Lipinski definition) is 2. The zero-order valence-electron chi connectivity index (χ0n) is 12.9. The zero-order chi connectivity index (χ0) is 15.1. The van der Waals surface area contributed by atoms with Crippen molar-refractivity contribution in [2.75, 3.05) is 19.6 Å². The van der Waals surface area contributed by atoms with Crippen LogP contribution in [0.5, 0.6) is 0 Å². The molecule has 5 heteroatoms. The van der Waals surface area contributed by atoms with Crippen LogP contribution in [0, 0.1) is 17.8 Å². The van der Waals surface area contributed by atoms with Crippen molar-refractivity contribution in [3.05, 3.63) is 0 Å². The number of carboxylic acid groups (broad SMARTS) is 1. The van der Waals surface area contributed by atoms with Gasteiger partial charge in [0.2, 0.25) is 0 Å². The maximum Gasteiger partial charge on any atom is 0.317 e. The lowest BCUT2D eigenvalue weighted by Gasteiger charge is -2.32. The van der Waals surface area contributed by atoms with Gasteiger partial charge in [0, 0.05) is 19.6 Å². The van der Waals surface area contributed by atoms with Crippen LogP contribution >= 0.6 is 0 Å². The topological polar surface area (TPSA) is 69.6 Å². The highest BCUT2D eigenvalue weighted by atomic mass is 16.4. The Morgan fingerprint density at radius 3 is 2.35 bits per heavy atom. The Hall–Kier alpha value is -1.26. The van der Waals surface area contributed by atoms with Gasteiger partial charge in [-0.3, -0.25) is 4.79 Å². The fourth-order valence-corrected chi connectivity index (χ4v) is 2.75. The van der Waals surface area contributed by atoms with Gasteiger partial charge in [-0.25, -0.2) is 4.79 Å². The Morgan fingerprint density at radius 1 is 1.30 bits per heavy atom. The van der Waals surface area contributed by atoms with Crippen molar-refractivity contribution in [1.29, 1.82) is 0 Å². The molecule has 1 aliphatic rings. The minimum atomic E-state index is -0.845. The number of carbonyl (C=O) groups excluding carboxylic acids is 1. The maximum atomic E-state index is 12.0. The molecule has 2 N–H and O–H groups in total. The monoisotopic (exact) mass is 284 g/mol. The molecular formula is C15H28N2O3. The summed E-state index contributed by atoms with van der Waals surface area (Å²) in [5, 5.41) is 11.9. The predicted octanol–water partition coefficient (Wildman–Crippen LogP) is 2.56. The van der Waals surface area contributed by atoms with Gasteiger partial charge in [0.15, 0.2) is 0 Å². The molecule has 20 heavy (non-hydrogen) atoms. The van der Waals surface area contributed by atoms with Crippen LogP contribution in [-0.4, -0.2) is 41.6 Å². The summed E-state index contributed by atoms with van der Waals surface area (Å²) in [6, 6.07) is -0.119. The van der Waals surface area contributed by atoms with E-state index < -0.39 is 11.9 Å². The number of nitrogens with one attached hydrogen (secondary N) is 1. The van der Waals surface area contributed by atoms with Gasteiger partial charge in [0.25, 0.3) is 0 Å². The number of carboxylic acids is 1. The number of nitrogens with zero attached hydrogens (tertiary/aromatic N) is 1. The number of likely N-dealkylation sites (tertiary alicyclic amines) is 1. The molecule has 0 spiro atoms. The van der Waals surface area contributed by atoms with Crippen molar-refractivity contribution in [3.63, 3.8) is 0 Å². The number of urea groups is 1. The first kappa shape index (κ1) is 16.8. The maximum absolute atomic E-state index is 12.0. The second-order valence-corrected chi connectivity index (χ2v) is 6.09. The van der Waals surface area contributed by atoms with Gasteiger partial charge < -0.3 is 15.3 Å². The van der Waals surface area contributed by atoms with E-state index in [-0.39, 0.29) is 18.5 Å². The molecule has 2 amide bonds. The summed E-state index contributed by atoms with van der Waals surface area (Å²) in [7, 11) is 0. The Morgan fingerprint density at radius 2 is 1.90 bits per heavy atom. The van der Waals surface area contributed by atoms with Crippen molar-refractivity contribution in [2.45, 2.75) is 46.5 Å². The quantitative estimate of drug-likeness (QED) is 0.787. The second kappa shape index (κ2) is 8.12. The lowest BCUT2D eigenvalue weighted by Crippen LogP contribution is -2.46. The number of carbonyl (C=O) groups is 2. The van der Waals surface area contributed by atoms with E-state index in [1.54, 1.807) is 0 Å². The molecule has 1 fully saturated rings. The Labute approximate surface area is 121 Å². The van der Waals surface area contributed by atoms with Crippen molar-refractivity contribution in [3.8, 4) is 0 Å². The zero-order valence-corrected chi connectivity index (χ0v) is 12.9. The molecule has 0 aliphatic carbocycles. The van der Waals surface area contributed by atoms with Gasteiger partial charge in [-0.1, -0.05) is 33.6 Å². The number of piperidine rings is 1. The van der Waals surface area contributed by atoms with Gasteiger partial charge in [-0.05, 0) is 24.7 Å². The van der Waals surface area contributed by atoms with Crippen LogP contribution in [0.15, 0.2) is 0 Å². The van der Waals surface area contributed by atoms with Gasteiger partial charge in [-0.15, -0.1) is 0 Å². The average Bonchev–Trinajstić information content (AvgIpc) is 2.39. The number of amides is 2. The Bertz CT molecular complexity index is 323. The fraction of sp³-hybridized carbons (Fsp3) is 0.867. The van der Waals surface area contributed by atoms with Crippen LogP contribution in [-0.2, 0) is 4.79 Å². The lowest BCUT2D eigenvalue weighted by atomic mass is 9.92. The molecule has 1 unspecified atom stereocenters. The normalized spacial score (nSPS) is 18.1. The van der Waals surface area contributed by atoms with Gasteiger partial charge in [0.05, 0.1) is 5.92 Å². The van der Waals surface area contributed by atoms with Gasteiger partial charge >= 0.3 is 12.0 Å². The van der Waals surface area contributed by atoms with E-state index in [4.69, 9.17) is 5.11 Å². The smallest absolute Gasteiger partial charge is 0.317 e. The fourth-order valence-electron chi connectivity index (χ4n) is 2.75. The molecule has 0 bridgehead atoms. The van der Waals surface area contributed by atoms with Crippen molar-refractivity contribution in [1.82, 2.24) is 10.2 Å². The highest BCUT2D eigenvalue weighted by Gasteiger charge is 2.25. The summed E-state index contributed by atoms with van der Waals surface area (Å²) in [6.07, 6.45) is 4.57. The van der Waals surface area contributed by atoms with E-state index in [2.05, 4.69) is 12.2 Å². The van der Waals surface area contributed by atoms with Gasteiger partial charge in [-0.2, -0.15) is 0 Å². The number of hydrogen-bond donors (Lipinski definition) is 2. The molecule has 0 radical (unpaired) electrons. The summed E-state index contributed by atoms with van der Waals surface area (Å²) < 4.78 is 0. The molecule has 0 aromatic rings. The van der Waals surface area contributed by atoms with E-state index in [9.17, 15) is 9.59 Å². The molecule has 5 nitrogen and oxygen atoms in total. The van der Waals surface area contributed by atoms with Crippen LogP contribution in [0.4, 0.5) is 4.79 Å². The SMILES string of the molecule is CCCC1CCN(C(=O)NCC(C(=O)O)C(C)C)CC1. The standard InChI is InChI=1S/C15H28N2O3/c1-4-5-12-6-8-17(9-7-12)15(20)16-10-13(11(2)3)14(18)19/h11-13H,4-10H2,1-3H3,(H,16,20)(H,18,19). The molecule has 0 aromatic heterocycles. The van der Waals surface area contributed by atoms with Crippen molar-refractivity contribution < 1.29 is 14.7 Å². The molecule has 116 valence electrons. The van der Waals surface area contributed by atoms with Crippen LogP contribution < -0.4 is 5.32 Å². The third-order valence-electron chi connectivity index (χ3n) is 4.19. The van der Waals surface area contributed by atoms with Crippen LogP contribution in [0.25, 0.3) is 0 Å². The van der Waals surface area contributed by atoms with Crippen LogP contribution in [0.1, 0.15) is 46.5 Å². The molecular weight excluding hydrogens is 256 g/mol. The number of rotatable bonds is 6. The van der Waals surface area contributed by atoms with E-state index in [0.29, 0.717) is 0 Å². The van der Waals surface area contributed by atoms with Gasteiger partial charge in [0.1, 0.15) is 0 Å². The van der Waals surface area contributed by atoms with E-state index in [1.165, 1.54) is 12.8 Å². The highest BCUT2D eigenvalue weighted by molar-refractivity contribution is 5.76. The molecule has 0 aromatic carbocycles. The first-order chi connectivity index (χ1) is 9.45. The van der Waals surface area contributed by atoms with E-state index >= 15 is 0 Å². The summed E-state index contributed by atoms with van der Waals surface area (Å²) in [4.78, 5) is 24.9. The third kappa shape index (κ3) is 5.02. The third-order valence-corrected chi connectivity index (χ3v) is 4.19. The average molecular weight is 284 g/mol. The van der Waals surface area contributed by atoms with Crippen molar-refractivity contribution in [2.24, 2.45) is 17.8 Å². The van der Waals surface area contributed by atoms with E-state index in [1.807, 2.05) is 18.7 Å². The molecule has 1 atom stereocenters. The molecule has 1 aliphatic heterocycles. The number of aliphatic carboxylic acids is 1. The van der Waals surface area contributed by atoms with Crippen molar-refractivity contribution >= 4 is 12.0 Å². The summed E-state index contributed by atoms with van der Waals surface area (Å²) in [6.45, 7) is 7.70. The first-order valence-electron chi connectivity index (χ1n) is 7.71. The summed E-state index contributed by atoms with van der Waals surface area (Å²) in [5.74, 6) is -0.604. The Balaban J connectivity index is 2.35. The molecule has 1 heterocycles. The molecule has 1 saturated heterocycles. The predicted molar refractivity (Wildman–Crippen MR) is 78.6 cm³/mol. The highest BCUT2D eigenvalue weighted by Crippen LogP contribution is 2.21. The largest absolute Gasteiger partial charge is 0.481 e. The van der Waals surface area contributed by atoms with Crippen LogP contribution in [0.3, 0.4) is 0 Å². The lowest BCUT2D eigenvalue weighted by molar-refractivity contribution is -0.142. The van der Waals surface area contributed by atoms with Crippen LogP contribution in [0.2, 0.25) is 0 Å². The minimum absolute atomic E-state index is 0.0168. The van der Waals surface area contributed by atoms with E-state index in [0.717, 1.165) is 31.8 Å². The molecule has 1 rings (SSSR count). The Kier molecular flexibility index (Phi) is 6.82. The second-order valence-electron chi connectivity index (χ2n) is 6.09. The summed E-state index contributed by atoms with van der Waals surface area (Å²) >= 11 is 0. The molecule has 0 saturated carbocycles. The minimum Gasteiger partial charge on any atom is -0.481 e.